The summed E-state index contributed by atoms with van der Waals surface area (Å²) in [4.78, 5) is 23.7. The molecule has 1 saturated heterocycles. The van der Waals surface area contributed by atoms with Crippen molar-refractivity contribution in [3.8, 4) is 0 Å². The van der Waals surface area contributed by atoms with E-state index in [1.165, 1.54) is 19.7 Å². The number of hydrogen-bond donors (Lipinski definition) is 3. The van der Waals surface area contributed by atoms with Crippen molar-refractivity contribution < 1.29 is 14.6 Å². The molecule has 0 spiro atoms. The van der Waals surface area contributed by atoms with Crippen LogP contribution in [0.5, 0.6) is 0 Å². The van der Waals surface area contributed by atoms with Crippen LogP contribution in [0.2, 0.25) is 0 Å². The first-order valence-electron chi connectivity index (χ1n) is 6.10. The van der Waals surface area contributed by atoms with Crippen molar-refractivity contribution in [3.63, 3.8) is 0 Å². The molecule has 0 saturated carbocycles. The topological polar surface area (TPSA) is 128 Å². The van der Waals surface area contributed by atoms with Crippen LogP contribution < -0.4 is 11.1 Å². The third kappa shape index (κ3) is 1.87. The summed E-state index contributed by atoms with van der Waals surface area (Å²) in [6.45, 7) is 0. The number of carbonyl (C=O) groups is 1. The highest BCUT2D eigenvalue weighted by molar-refractivity contribution is 5.82. The zero-order valence-corrected chi connectivity index (χ0v) is 10.7. The summed E-state index contributed by atoms with van der Waals surface area (Å²) in [7, 11) is 1.49. The molecule has 0 bridgehead atoms. The summed E-state index contributed by atoms with van der Waals surface area (Å²) in [5, 5.41) is 12.4. The molecule has 1 aliphatic rings. The molecule has 1 amide bonds. The van der Waals surface area contributed by atoms with E-state index in [0.717, 1.165) is 0 Å². The van der Waals surface area contributed by atoms with Crippen LogP contribution in [0.15, 0.2) is 12.7 Å². The van der Waals surface area contributed by atoms with Gasteiger partial charge in [-0.1, -0.05) is 0 Å². The van der Waals surface area contributed by atoms with Gasteiger partial charge in [0.05, 0.1) is 12.4 Å². The fourth-order valence-electron chi connectivity index (χ4n) is 2.28. The number of amides is 1. The molecule has 9 heteroatoms. The van der Waals surface area contributed by atoms with E-state index >= 15 is 0 Å². The Morgan fingerprint density at radius 2 is 2.35 bits per heavy atom. The predicted molar refractivity (Wildman–Crippen MR) is 68.3 cm³/mol. The second-order valence-electron chi connectivity index (χ2n) is 4.51. The average molecular weight is 278 g/mol. The number of anilines is 1. The van der Waals surface area contributed by atoms with Gasteiger partial charge in [-0.3, -0.25) is 9.36 Å². The van der Waals surface area contributed by atoms with Crippen LogP contribution in [0.1, 0.15) is 12.6 Å². The fraction of sp³-hybridized carbons (Fsp3) is 0.455. The second kappa shape index (κ2) is 4.69. The number of hydrogen-bond acceptors (Lipinski definition) is 7. The molecule has 1 aliphatic heterocycles. The van der Waals surface area contributed by atoms with Crippen LogP contribution >= 0.6 is 0 Å². The zero-order chi connectivity index (χ0) is 14.3. The Labute approximate surface area is 113 Å². The molecule has 0 aliphatic carbocycles. The minimum absolute atomic E-state index is 0.271. The number of aromatic nitrogens is 4. The molecule has 0 aromatic carbocycles. The van der Waals surface area contributed by atoms with Gasteiger partial charge in [0.15, 0.2) is 17.6 Å². The maximum absolute atomic E-state index is 11.6. The maximum atomic E-state index is 11.6. The first-order valence-corrected chi connectivity index (χ1v) is 6.10. The number of likely N-dealkylation sites (N-methyl/N-ethyl adjacent to an activating group) is 1. The summed E-state index contributed by atoms with van der Waals surface area (Å²) < 4.78 is 7.22. The number of nitrogens with one attached hydrogen (secondary N) is 1. The molecule has 3 rings (SSSR count). The van der Waals surface area contributed by atoms with E-state index in [1.54, 1.807) is 4.57 Å². The lowest BCUT2D eigenvalue weighted by Gasteiger charge is -2.14. The average Bonchev–Trinajstić information content (AvgIpc) is 3.02. The molecule has 20 heavy (non-hydrogen) atoms. The number of imidazole rings is 1. The van der Waals surface area contributed by atoms with E-state index in [9.17, 15) is 9.90 Å². The van der Waals surface area contributed by atoms with Gasteiger partial charge in [-0.25, -0.2) is 15.0 Å². The number of rotatable bonds is 2. The number of nitrogen functional groups attached to an aromatic ring is 1. The number of ether oxygens (including phenoxy) is 1. The second-order valence-corrected chi connectivity index (χ2v) is 4.51. The molecule has 106 valence electrons. The minimum Gasteiger partial charge on any atom is -0.390 e. The van der Waals surface area contributed by atoms with E-state index in [0.29, 0.717) is 11.2 Å². The summed E-state index contributed by atoms with van der Waals surface area (Å²) in [6, 6.07) is 0. The third-order valence-electron chi connectivity index (χ3n) is 3.30. The monoisotopic (exact) mass is 278 g/mol. The van der Waals surface area contributed by atoms with Crippen LogP contribution in [0.4, 0.5) is 5.82 Å². The molecule has 0 unspecified atom stereocenters. The molecule has 3 atom stereocenters. The molecular weight excluding hydrogens is 264 g/mol. The lowest BCUT2D eigenvalue weighted by molar-refractivity contribution is -0.137. The van der Waals surface area contributed by atoms with Gasteiger partial charge in [-0.15, -0.1) is 0 Å². The number of fused-ring (bicyclic) bond motifs is 1. The minimum atomic E-state index is -0.901. The molecule has 9 nitrogen and oxygen atoms in total. The van der Waals surface area contributed by atoms with Crippen LogP contribution in [0.3, 0.4) is 0 Å². The SMILES string of the molecule is CNC(=O)[C@H]1O[C@H](n2cnc3c(N)ncnc32)C[C@@H]1O. The van der Waals surface area contributed by atoms with E-state index in [-0.39, 0.29) is 18.1 Å². The molecule has 4 N–H and O–H groups in total. The van der Waals surface area contributed by atoms with Gasteiger partial charge >= 0.3 is 0 Å². The maximum Gasteiger partial charge on any atom is 0.251 e. The van der Waals surface area contributed by atoms with Gasteiger partial charge in [-0.05, 0) is 0 Å². The Hall–Kier alpha value is -2.26. The summed E-state index contributed by atoms with van der Waals surface area (Å²) in [5.41, 5.74) is 6.68. The normalized spacial score (nSPS) is 26.0. The third-order valence-corrected chi connectivity index (χ3v) is 3.30. The van der Waals surface area contributed by atoms with Gasteiger partial charge < -0.3 is 20.9 Å². The van der Waals surface area contributed by atoms with Gasteiger partial charge in [0.2, 0.25) is 0 Å². The summed E-state index contributed by atoms with van der Waals surface area (Å²) in [6.07, 6.45) is 0.814. The molecular formula is C11H14N6O3. The molecule has 1 fully saturated rings. The van der Waals surface area contributed by atoms with Crippen LogP contribution in [0.25, 0.3) is 11.2 Å². The van der Waals surface area contributed by atoms with Crippen molar-refractivity contribution >= 4 is 22.9 Å². The predicted octanol–water partition coefficient (Wildman–Crippen LogP) is -1.20. The first kappa shape index (κ1) is 12.8. The standard InChI is InChI=1S/C11H14N6O3/c1-13-11(19)8-5(18)2-6(20-8)17-4-16-7-9(12)14-3-15-10(7)17/h3-6,8,18H,2H2,1H3,(H,13,19)(H2,12,14,15)/t5-,6-,8-/m0/s1. The Morgan fingerprint density at radius 3 is 3.10 bits per heavy atom. The van der Waals surface area contributed by atoms with E-state index < -0.39 is 18.4 Å². The van der Waals surface area contributed by atoms with E-state index in [1.807, 2.05) is 0 Å². The van der Waals surface area contributed by atoms with Crippen LogP contribution in [-0.4, -0.2) is 49.8 Å². The number of carbonyl (C=O) groups excluding carboxylic acids is 1. The Balaban J connectivity index is 1.93. The molecule has 2 aromatic heterocycles. The Morgan fingerprint density at radius 1 is 1.55 bits per heavy atom. The largest absolute Gasteiger partial charge is 0.390 e. The van der Waals surface area contributed by atoms with E-state index in [2.05, 4.69) is 20.3 Å². The van der Waals surface area contributed by atoms with E-state index in [4.69, 9.17) is 10.5 Å². The van der Waals surface area contributed by atoms with Crippen molar-refractivity contribution in [1.29, 1.82) is 0 Å². The Bertz CT molecular complexity index is 657. The van der Waals surface area contributed by atoms with Crippen molar-refractivity contribution in [2.45, 2.75) is 24.9 Å². The van der Waals surface area contributed by atoms with Crippen molar-refractivity contribution in [3.05, 3.63) is 12.7 Å². The molecule has 3 heterocycles. The van der Waals surface area contributed by atoms with Gasteiger partial charge in [0, 0.05) is 13.5 Å². The number of nitrogens with zero attached hydrogens (tertiary/aromatic N) is 4. The lowest BCUT2D eigenvalue weighted by atomic mass is 10.1. The first-order chi connectivity index (χ1) is 9.61. The highest BCUT2D eigenvalue weighted by atomic mass is 16.5. The zero-order valence-electron chi connectivity index (χ0n) is 10.7. The summed E-state index contributed by atoms with van der Waals surface area (Å²) in [5.74, 6) is -0.0892. The fourth-order valence-corrected chi connectivity index (χ4v) is 2.28. The highest BCUT2D eigenvalue weighted by Gasteiger charge is 2.39. The van der Waals surface area contributed by atoms with Crippen molar-refractivity contribution in [2.24, 2.45) is 0 Å². The molecule has 2 aromatic rings. The van der Waals surface area contributed by atoms with Gasteiger partial charge in [-0.2, -0.15) is 0 Å². The van der Waals surface area contributed by atoms with Crippen molar-refractivity contribution in [1.82, 2.24) is 24.8 Å². The number of aliphatic hydroxyl groups is 1. The lowest BCUT2D eigenvalue weighted by Crippen LogP contribution is -2.38. The molecule has 0 radical (unpaired) electrons. The quantitative estimate of drug-likeness (QED) is 0.629. The number of nitrogens with two attached hydrogens (primary N) is 1. The Kier molecular flexibility index (Phi) is 2.99. The smallest absolute Gasteiger partial charge is 0.251 e. The highest BCUT2D eigenvalue weighted by Crippen LogP contribution is 2.31. The van der Waals surface area contributed by atoms with Crippen molar-refractivity contribution in [2.75, 3.05) is 12.8 Å². The number of aliphatic hydroxyl groups excluding tert-OH is 1. The van der Waals surface area contributed by atoms with Gasteiger partial charge in [0.25, 0.3) is 5.91 Å². The van der Waals surface area contributed by atoms with Crippen LogP contribution in [-0.2, 0) is 9.53 Å². The summed E-state index contributed by atoms with van der Waals surface area (Å²) >= 11 is 0. The van der Waals surface area contributed by atoms with Gasteiger partial charge in [0.1, 0.15) is 18.1 Å². The van der Waals surface area contributed by atoms with Crippen LogP contribution in [0, 0.1) is 0 Å².